The Bertz CT molecular complexity index is 816. The van der Waals surface area contributed by atoms with Gasteiger partial charge in [-0.15, -0.1) is 0 Å². The number of halogens is 1. The highest BCUT2D eigenvalue weighted by molar-refractivity contribution is 6.34. The predicted octanol–water partition coefficient (Wildman–Crippen LogP) is 2.17. The van der Waals surface area contributed by atoms with E-state index in [0.717, 1.165) is 0 Å². The van der Waals surface area contributed by atoms with Crippen molar-refractivity contribution >= 4 is 35.1 Å². The van der Waals surface area contributed by atoms with Crippen LogP contribution in [-0.2, 0) is 4.79 Å². The fourth-order valence-corrected chi connectivity index (χ4v) is 2.77. The quantitative estimate of drug-likeness (QED) is 0.882. The molecule has 1 fully saturated rings. The number of anilines is 1. The fraction of sp³-hybridized carbons (Fsp3) is 0.188. The minimum Gasteiger partial charge on any atom is -0.475 e. The summed E-state index contributed by atoms with van der Waals surface area (Å²) in [5.41, 5.74) is 0.590. The Morgan fingerprint density at radius 1 is 1.21 bits per heavy atom. The summed E-state index contributed by atoms with van der Waals surface area (Å²) >= 11 is 6.10. The Labute approximate surface area is 141 Å². The Hall–Kier alpha value is -2.80. The van der Waals surface area contributed by atoms with Gasteiger partial charge in [0.2, 0.25) is 11.7 Å². The summed E-state index contributed by atoms with van der Waals surface area (Å²) in [6, 6.07) is 8.68. The number of nitrogens with one attached hydrogen (secondary N) is 1. The highest BCUT2D eigenvalue weighted by Crippen LogP contribution is 2.29. The highest BCUT2D eigenvalue weighted by atomic mass is 35.5. The molecule has 124 valence electrons. The first-order chi connectivity index (χ1) is 11.5. The maximum atomic E-state index is 12.5. The standard InChI is InChI=1S/C16H13ClN2O5/c17-9-3-1-2-4-11(9)19-8-7-10(15(19)21)18-14(20)12-5-6-13(24-12)16(22)23/h1-6,10H,7-8H2,(H,18,20)(H,22,23)/t10-/m0/s1. The lowest BCUT2D eigenvalue weighted by Crippen LogP contribution is -2.41. The number of hydrogen-bond donors (Lipinski definition) is 2. The van der Waals surface area contributed by atoms with Crippen molar-refractivity contribution < 1.29 is 23.9 Å². The van der Waals surface area contributed by atoms with Crippen molar-refractivity contribution in [2.24, 2.45) is 0 Å². The maximum Gasteiger partial charge on any atom is 0.371 e. The molecule has 0 radical (unpaired) electrons. The van der Waals surface area contributed by atoms with E-state index >= 15 is 0 Å². The molecule has 1 aromatic carbocycles. The topological polar surface area (TPSA) is 99.8 Å². The summed E-state index contributed by atoms with van der Waals surface area (Å²) in [6.45, 7) is 0.423. The zero-order valence-electron chi connectivity index (χ0n) is 12.4. The van der Waals surface area contributed by atoms with E-state index in [4.69, 9.17) is 21.1 Å². The number of rotatable bonds is 4. The summed E-state index contributed by atoms with van der Waals surface area (Å²) in [6.07, 6.45) is 0.419. The van der Waals surface area contributed by atoms with Gasteiger partial charge in [-0.2, -0.15) is 0 Å². The Morgan fingerprint density at radius 2 is 1.92 bits per heavy atom. The molecule has 2 aromatic rings. The van der Waals surface area contributed by atoms with Crippen LogP contribution in [0.4, 0.5) is 5.69 Å². The fourth-order valence-electron chi connectivity index (χ4n) is 2.53. The molecule has 1 aromatic heterocycles. The van der Waals surface area contributed by atoms with E-state index in [2.05, 4.69) is 5.32 Å². The van der Waals surface area contributed by atoms with Crippen LogP contribution in [0.5, 0.6) is 0 Å². The van der Waals surface area contributed by atoms with E-state index in [1.807, 2.05) is 0 Å². The first kappa shape index (κ1) is 16.1. The normalized spacial score (nSPS) is 17.1. The van der Waals surface area contributed by atoms with Crippen molar-refractivity contribution in [2.75, 3.05) is 11.4 Å². The largest absolute Gasteiger partial charge is 0.475 e. The number of hydrogen-bond acceptors (Lipinski definition) is 4. The molecule has 24 heavy (non-hydrogen) atoms. The molecular formula is C16H13ClN2O5. The van der Waals surface area contributed by atoms with Crippen LogP contribution in [-0.4, -0.2) is 35.5 Å². The molecular weight excluding hydrogens is 336 g/mol. The Morgan fingerprint density at radius 3 is 2.58 bits per heavy atom. The van der Waals surface area contributed by atoms with Gasteiger partial charge in [-0.1, -0.05) is 23.7 Å². The number of nitrogens with zero attached hydrogens (tertiary/aromatic N) is 1. The van der Waals surface area contributed by atoms with Crippen molar-refractivity contribution in [3.63, 3.8) is 0 Å². The summed E-state index contributed by atoms with van der Waals surface area (Å²) in [5, 5.41) is 11.8. The third-order valence-corrected chi connectivity index (χ3v) is 4.01. The third kappa shape index (κ3) is 2.98. The van der Waals surface area contributed by atoms with Crippen LogP contribution in [0.2, 0.25) is 5.02 Å². The van der Waals surface area contributed by atoms with Crippen LogP contribution in [0, 0.1) is 0 Å². The molecule has 2 N–H and O–H groups in total. The van der Waals surface area contributed by atoms with Crippen LogP contribution in [0.15, 0.2) is 40.8 Å². The molecule has 2 heterocycles. The van der Waals surface area contributed by atoms with Gasteiger partial charge in [-0.3, -0.25) is 9.59 Å². The lowest BCUT2D eigenvalue weighted by Gasteiger charge is -2.18. The molecule has 0 saturated carbocycles. The first-order valence-corrected chi connectivity index (χ1v) is 7.55. The van der Waals surface area contributed by atoms with Crippen molar-refractivity contribution in [1.29, 1.82) is 0 Å². The number of carboxylic acids is 1. The van der Waals surface area contributed by atoms with Gasteiger partial charge in [0, 0.05) is 6.54 Å². The average Bonchev–Trinajstić information content (AvgIpc) is 3.17. The van der Waals surface area contributed by atoms with Crippen LogP contribution in [0.3, 0.4) is 0 Å². The highest BCUT2D eigenvalue weighted by Gasteiger charge is 2.35. The average molecular weight is 349 g/mol. The van der Waals surface area contributed by atoms with E-state index in [1.165, 1.54) is 17.0 Å². The second-order valence-corrected chi connectivity index (χ2v) is 5.63. The summed E-state index contributed by atoms with van der Waals surface area (Å²) < 4.78 is 4.93. The molecule has 0 unspecified atom stereocenters. The number of carboxylic acid groups (broad SMARTS) is 1. The van der Waals surface area contributed by atoms with Gasteiger partial charge in [0.05, 0.1) is 10.7 Å². The maximum absolute atomic E-state index is 12.5. The molecule has 0 spiro atoms. The first-order valence-electron chi connectivity index (χ1n) is 7.17. The van der Waals surface area contributed by atoms with Gasteiger partial charge in [0.25, 0.3) is 5.91 Å². The monoisotopic (exact) mass is 348 g/mol. The SMILES string of the molecule is O=C(O)c1ccc(C(=O)N[C@H]2CCN(c3ccccc3Cl)C2=O)o1. The smallest absolute Gasteiger partial charge is 0.371 e. The van der Waals surface area contributed by atoms with Crippen molar-refractivity contribution in [3.05, 3.63) is 52.9 Å². The number of carbonyl (C=O) groups excluding carboxylic acids is 2. The van der Waals surface area contributed by atoms with E-state index in [0.29, 0.717) is 23.7 Å². The van der Waals surface area contributed by atoms with Gasteiger partial charge >= 0.3 is 5.97 Å². The van der Waals surface area contributed by atoms with E-state index in [-0.39, 0.29) is 17.4 Å². The van der Waals surface area contributed by atoms with Crippen LogP contribution in [0.25, 0.3) is 0 Å². The van der Waals surface area contributed by atoms with Crippen LogP contribution >= 0.6 is 11.6 Å². The number of aromatic carboxylic acids is 1. The number of carbonyl (C=O) groups is 3. The van der Waals surface area contributed by atoms with Crippen LogP contribution in [0.1, 0.15) is 27.5 Å². The Balaban J connectivity index is 1.70. The molecule has 7 nitrogen and oxygen atoms in total. The number of para-hydroxylation sites is 1. The van der Waals surface area contributed by atoms with E-state index < -0.39 is 17.9 Å². The molecule has 2 amide bonds. The molecule has 1 atom stereocenters. The molecule has 0 aliphatic carbocycles. The van der Waals surface area contributed by atoms with Crippen molar-refractivity contribution in [3.8, 4) is 0 Å². The molecule has 8 heteroatoms. The minimum atomic E-state index is -1.27. The van der Waals surface area contributed by atoms with Crippen LogP contribution < -0.4 is 10.2 Å². The molecule has 0 bridgehead atoms. The summed E-state index contributed by atoms with van der Waals surface area (Å²) in [5.74, 6) is -2.67. The minimum absolute atomic E-state index is 0.156. The lowest BCUT2D eigenvalue weighted by molar-refractivity contribution is -0.118. The second-order valence-electron chi connectivity index (χ2n) is 5.23. The van der Waals surface area contributed by atoms with Gasteiger partial charge in [0.1, 0.15) is 6.04 Å². The van der Waals surface area contributed by atoms with E-state index in [9.17, 15) is 14.4 Å². The van der Waals surface area contributed by atoms with E-state index in [1.54, 1.807) is 24.3 Å². The van der Waals surface area contributed by atoms with Gasteiger partial charge in [-0.25, -0.2) is 4.79 Å². The Kier molecular flexibility index (Phi) is 4.26. The molecule has 3 rings (SSSR count). The van der Waals surface area contributed by atoms with Crippen molar-refractivity contribution in [1.82, 2.24) is 5.32 Å². The second kappa shape index (κ2) is 6.37. The number of furan rings is 1. The third-order valence-electron chi connectivity index (χ3n) is 3.69. The van der Waals surface area contributed by atoms with Gasteiger partial charge < -0.3 is 19.7 Å². The zero-order chi connectivity index (χ0) is 17.3. The summed E-state index contributed by atoms with van der Waals surface area (Å²) in [7, 11) is 0. The molecule has 1 aliphatic heterocycles. The summed E-state index contributed by atoms with van der Waals surface area (Å²) in [4.78, 5) is 36.8. The predicted molar refractivity (Wildman–Crippen MR) is 85.3 cm³/mol. The molecule has 1 aliphatic rings. The van der Waals surface area contributed by atoms with Crippen molar-refractivity contribution in [2.45, 2.75) is 12.5 Å². The van der Waals surface area contributed by atoms with Gasteiger partial charge in [0.15, 0.2) is 5.76 Å². The lowest BCUT2D eigenvalue weighted by atomic mass is 10.2. The zero-order valence-corrected chi connectivity index (χ0v) is 13.1. The number of benzene rings is 1. The number of amides is 2. The molecule has 1 saturated heterocycles. The van der Waals surface area contributed by atoms with Gasteiger partial charge in [-0.05, 0) is 30.7 Å².